The number of fused-ring (bicyclic) bond motifs is 1. The number of imidazole rings is 1. The van der Waals surface area contributed by atoms with Crippen LogP contribution in [0.1, 0.15) is 6.23 Å². The van der Waals surface area contributed by atoms with E-state index < -0.39 is 54.6 Å². The maximum atomic E-state index is 11.8. The van der Waals surface area contributed by atoms with Crippen molar-refractivity contribution in [2.75, 3.05) is 19.5 Å². The van der Waals surface area contributed by atoms with Gasteiger partial charge in [0, 0.05) is 7.11 Å². The molecular formula is C11H18N5O13P3. The van der Waals surface area contributed by atoms with Crippen molar-refractivity contribution in [3.8, 4) is 0 Å². The highest BCUT2D eigenvalue weighted by Gasteiger charge is 2.50. The Balaban J connectivity index is 1.86. The summed E-state index contributed by atoms with van der Waals surface area (Å²) in [6.45, 7) is -0.931. The first-order valence-electron chi connectivity index (χ1n) is 8.31. The lowest BCUT2D eigenvalue weighted by molar-refractivity contribution is -0.0498. The van der Waals surface area contributed by atoms with Gasteiger partial charge in [-0.15, -0.1) is 0 Å². The molecule has 7 N–H and O–H groups in total. The maximum absolute atomic E-state index is 11.8. The van der Waals surface area contributed by atoms with E-state index in [1.807, 2.05) is 0 Å². The van der Waals surface area contributed by atoms with E-state index in [0.29, 0.717) is 0 Å². The fraction of sp³-hybridized carbons (Fsp3) is 0.545. The molecule has 1 fully saturated rings. The van der Waals surface area contributed by atoms with Crippen LogP contribution in [0.4, 0.5) is 5.82 Å². The number of aliphatic hydroxyl groups excluding tert-OH is 1. The van der Waals surface area contributed by atoms with Gasteiger partial charge in [0.15, 0.2) is 17.7 Å². The number of nitrogen functional groups attached to an aromatic ring is 1. The third-order valence-electron chi connectivity index (χ3n) is 4.07. The average molecular weight is 521 g/mol. The van der Waals surface area contributed by atoms with Gasteiger partial charge < -0.3 is 35.2 Å². The molecule has 0 bridgehead atoms. The van der Waals surface area contributed by atoms with Crippen LogP contribution in [0.25, 0.3) is 11.2 Å². The Morgan fingerprint density at radius 3 is 2.47 bits per heavy atom. The third kappa shape index (κ3) is 5.76. The Kier molecular flexibility index (Phi) is 7.20. The normalized spacial score (nSPS) is 27.9. The summed E-state index contributed by atoms with van der Waals surface area (Å²) in [6.07, 6.45) is -4.34. The lowest BCUT2D eigenvalue weighted by Gasteiger charge is -2.22. The molecular weight excluding hydrogens is 503 g/mol. The number of nitrogens with two attached hydrogens (primary N) is 1. The Morgan fingerprint density at radius 2 is 1.84 bits per heavy atom. The fourth-order valence-corrected chi connectivity index (χ4v) is 5.14. The molecule has 2 aromatic heterocycles. The van der Waals surface area contributed by atoms with Gasteiger partial charge in [-0.1, -0.05) is 0 Å². The topological polar surface area (TPSA) is 268 Å². The van der Waals surface area contributed by atoms with Crippen LogP contribution in [0.3, 0.4) is 0 Å². The first-order valence-corrected chi connectivity index (χ1v) is 12.8. The van der Waals surface area contributed by atoms with Gasteiger partial charge in [0.1, 0.15) is 30.2 Å². The number of ether oxygens (including phenoxy) is 1. The van der Waals surface area contributed by atoms with Crippen molar-refractivity contribution in [2.45, 2.75) is 24.5 Å². The van der Waals surface area contributed by atoms with E-state index in [2.05, 4.69) is 32.8 Å². The monoisotopic (exact) mass is 521 g/mol. The summed E-state index contributed by atoms with van der Waals surface area (Å²) < 4.78 is 58.4. The van der Waals surface area contributed by atoms with Crippen molar-refractivity contribution < 1.29 is 61.0 Å². The quantitative estimate of drug-likeness (QED) is 0.216. The van der Waals surface area contributed by atoms with E-state index >= 15 is 0 Å². The van der Waals surface area contributed by atoms with Gasteiger partial charge in [-0.2, -0.15) is 4.31 Å². The van der Waals surface area contributed by atoms with Crippen LogP contribution < -0.4 is 5.73 Å². The number of phosphoric ester groups is 3. The number of hydrogen-bond donors (Lipinski definition) is 6. The molecule has 0 aliphatic carbocycles. The van der Waals surface area contributed by atoms with Crippen LogP contribution in [0, 0.1) is 0 Å². The molecule has 3 rings (SSSR count). The molecule has 2 aromatic rings. The van der Waals surface area contributed by atoms with Crippen LogP contribution in [-0.4, -0.2) is 76.2 Å². The molecule has 1 saturated heterocycles. The molecule has 21 heteroatoms. The minimum atomic E-state index is -5.18. The number of aliphatic hydroxyl groups is 1. The minimum Gasteiger partial charge on any atom is -0.387 e. The number of nitrogens with zero attached hydrogens (tertiary/aromatic N) is 4. The predicted octanol–water partition coefficient (Wildman–Crippen LogP) is -0.975. The molecule has 32 heavy (non-hydrogen) atoms. The molecule has 0 saturated carbocycles. The van der Waals surface area contributed by atoms with E-state index in [4.69, 9.17) is 15.4 Å². The summed E-state index contributed by atoms with van der Waals surface area (Å²) in [5, 5.41) is 10.5. The highest BCUT2D eigenvalue weighted by Crippen LogP contribution is 2.60. The summed E-state index contributed by atoms with van der Waals surface area (Å²) in [5.41, 5.74) is 5.88. The molecule has 3 heterocycles. The number of hydrogen-bond acceptors (Lipinski definition) is 13. The zero-order valence-electron chi connectivity index (χ0n) is 15.9. The highest BCUT2D eigenvalue weighted by atomic mass is 31.3. The second kappa shape index (κ2) is 9.12. The molecule has 1 aliphatic rings. The van der Waals surface area contributed by atoms with Crippen molar-refractivity contribution in [2.24, 2.45) is 0 Å². The summed E-state index contributed by atoms with van der Waals surface area (Å²) in [6, 6.07) is 0. The van der Waals surface area contributed by atoms with Crippen molar-refractivity contribution in [1.82, 2.24) is 19.5 Å². The van der Waals surface area contributed by atoms with Gasteiger partial charge in [-0.25, -0.2) is 28.6 Å². The van der Waals surface area contributed by atoms with Crippen LogP contribution in [0.2, 0.25) is 0 Å². The number of rotatable bonds is 9. The molecule has 0 radical (unpaired) electrons. The van der Waals surface area contributed by atoms with Crippen LogP contribution in [0.5, 0.6) is 0 Å². The van der Waals surface area contributed by atoms with Gasteiger partial charge in [-0.3, -0.25) is 18.1 Å². The highest BCUT2D eigenvalue weighted by molar-refractivity contribution is 7.61. The lowest BCUT2D eigenvalue weighted by atomic mass is 10.1. The van der Waals surface area contributed by atoms with Gasteiger partial charge in [0.05, 0.1) is 12.9 Å². The van der Waals surface area contributed by atoms with Gasteiger partial charge in [-0.05, 0) is 0 Å². The third-order valence-corrected chi connectivity index (χ3v) is 7.18. The van der Waals surface area contributed by atoms with Crippen molar-refractivity contribution in [3.05, 3.63) is 12.7 Å². The van der Waals surface area contributed by atoms with E-state index in [9.17, 15) is 33.5 Å². The Labute approximate surface area is 178 Å². The van der Waals surface area contributed by atoms with Crippen LogP contribution in [-0.2, 0) is 36.3 Å². The maximum Gasteiger partial charge on any atom is 0.481 e. The van der Waals surface area contributed by atoms with Gasteiger partial charge >= 0.3 is 23.5 Å². The van der Waals surface area contributed by atoms with E-state index in [0.717, 1.165) is 24.3 Å². The van der Waals surface area contributed by atoms with E-state index in [1.165, 1.54) is 0 Å². The summed E-state index contributed by atoms with van der Waals surface area (Å²) >= 11 is 0. The summed E-state index contributed by atoms with van der Waals surface area (Å²) in [5.74, 6) is -0.00965. The first-order chi connectivity index (χ1) is 14.7. The number of anilines is 1. The molecule has 2 unspecified atom stereocenters. The molecule has 0 aromatic carbocycles. The molecule has 0 spiro atoms. The lowest BCUT2D eigenvalue weighted by Crippen LogP contribution is -2.35. The fourth-order valence-electron chi connectivity index (χ4n) is 2.76. The van der Waals surface area contributed by atoms with E-state index in [1.54, 1.807) is 0 Å². The first kappa shape index (κ1) is 25.3. The average Bonchev–Trinajstić information content (AvgIpc) is 3.21. The number of aromatic nitrogens is 4. The van der Waals surface area contributed by atoms with Gasteiger partial charge in [0.25, 0.3) is 0 Å². The van der Waals surface area contributed by atoms with Crippen molar-refractivity contribution in [1.29, 1.82) is 0 Å². The zero-order chi connectivity index (χ0) is 23.9. The van der Waals surface area contributed by atoms with Crippen LogP contribution in [0.15, 0.2) is 12.7 Å². The van der Waals surface area contributed by atoms with Crippen LogP contribution >= 0.6 is 23.5 Å². The molecule has 1 aliphatic heterocycles. The van der Waals surface area contributed by atoms with Crippen molar-refractivity contribution >= 4 is 40.4 Å². The predicted molar refractivity (Wildman–Crippen MR) is 100 cm³/mol. The molecule has 6 atom stereocenters. The molecule has 0 amide bonds. The van der Waals surface area contributed by atoms with Gasteiger partial charge in [0.2, 0.25) is 0 Å². The SMILES string of the molecule is COP(=O)(O)OP(=O)(O)OC[C@H]1O[C@@H](n2cnc3c(N)ncnc32)[C@H](OP(=O)(O)O)[C@@H]1O. The van der Waals surface area contributed by atoms with Crippen molar-refractivity contribution in [3.63, 3.8) is 0 Å². The summed E-state index contributed by atoms with van der Waals surface area (Å²) in [4.78, 5) is 48.8. The molecule has 180 valence electrons. The largest absolute Gasteiger partial charge is 0.481 e. The minimum absolute atomic E-state index is 0.00965. The van der Waals surface area contributed by atoms with E-state index in [-0.39, 0.29) is 17.0 Å². The zero-order valence-corrected chi connectivity index (χ0v) is 18.6. The second-order valence-electron chi connectivity index (χ2n) is 6.20. The Hall–Kier alpha value is -1.36. The smallest absolute Gasteiger partial charge is 0.387 e. The Morgan fingerprint density at radius 1 is 1.16 bits per heavy atom. The Bertz CT molecular complexity index is 1120. The standard InChI is InChI=1S/C11H18N5O13P3/c1-25-31(21,22)29-32(23,24)26-2-5-7(17)8(28-30(18,19)20)11(27-5)16-4-15-6-9(12)13-3-14-10(6)16/h3-5,7-8,11,17H,2H2,1H3,(H,21,22)(H,23,24)(H2,12,13,14)(H2,18,19,20)/t5-,7-,8-,11-/m1/s1. The number of phosphoric acid groups is 3. The summed E-state index contributed by atoms with van der Waals surface area (Å²) in [7, 11) is -14.5. The molecule has 18 nitrogen and oxygen atoms in total. The second-order valence-corrected chi connectivity index (χ2v) is 10.5.